The molecule has 4 amide bonds. The SMILES string of the molecule is NCCCNCCCCNCCC(=O)NCCCCCNC(=O)[C@H](CC(N)=O)NC(=O)CCc1ccc(O)cc1O. The van der Waals surface area contributed by atoms with Crippen LogP contribution < -0.4 is 38.1 Å². The maximum Gasteiger partial charge on any atom is 0.243 e. The van der Waals surface area contributed by atoms with Gasteiger partial charge in [-0.1, -0.05) is 6.07 Å². The Balaban J connectivity index is 2.14. The molecule has 13 heteroatoms. The smallest absolute Gasteiger partial charge is 0.243 e. The van der Waals surface area contributed by atoms with Crippen molar-refractivity contribution in [3.8, 4) is 11.5 Å². The van der Waals surface area contributed by atoms with E-state index < -0.39 is 23.8 Å². The summed E-state index contributed by atoms with van der Waals surface area (Å²) in [6, 6.07) is 2.98. The monoisotopic (exact) mass is 579 g/mol. The van der Waals surface area contributed by atoms with Crippen LogP contribution >= 0.6 is 0 Å². The van der Waals surface area contributed by atoms with Gasteiger partial charge in [-0.2, -0.15) is 0 Å². The first-order chi connectivity index (χ1) is 19.7. The summed E-state index contributed by atoms with van der Waals surface area (Å²) < 4.78 is 0. The number of hydrogen-bond acceptors (Lipinski definition) is 9. The van der Waals surface area contributed by atoms with Crippen LogP contribution in [-0.4, -0.2) is 85.7 Å². The van der Waals surface area contributed by atoms with E-state index in [1.54, 1.807) is 0 Å². The van der Waals surface area contributed by atoms with E-state index in [0.29, 0.717) is 44.6 Å². The fourth-order valence-electron chi connectivity index (χ4n) is 3.95. The molecule has 0 bridgehead atoms. The Morgan fingerprint density at radius 1 is 0.756 bits per heavy atom. The first-order valence-electron chi connectivity index (χ1n) is 14.5. The molecular formula is C28H49N7O6. The highest BCUT2D eigenvalue weighted by molar-refractivity contribution is 5.91. The topological polar surface area (TPSA) is 221 Å². The number of phenolic OH excluding ortho intramolecular Hbond substituents is 2. The molecule has 0 aliphatic rings. The molecule has 0 spiro atoms. The van der Waals surface area contributed by atoms with Crippen molar-refractivity contribution in [3.05, 3.63) is 23.8 Å². The van der Waals surface area contributed by atoms with Gasteiger partial charge in [0.1, 0.15) is 17.5 Å². The Labute approximate surface area is 242 Å². The molecule has 0 fully saturated rings. The zero-order valence-electron chi connectivity index (χ0n) is 24.0. The van der Waals surface area contributed by atoms with Gasteiger partial charge in [-0.25, -0.2) is 0 Å². The molecule has 41 heavy (non-hydrogen) atoms. The van der Waals surface area contributed by atoms with E-state index in [1.165, 1.54) is 18.2 Å². The van der Waals surface area contributed by atoms with Crippen molar-refractivity contribution < 1.29 is 29.4 Å². The Morgan fingerprint density at radius 3 is 2.05 bits per heavy atom. The third-order valence-corrected chi connectivity index (χ3v) is 6.27. The van der Waals surface area contributed by atoms with Gasteiger partial charge in [-0.15, -0.1) is 0 Å². The molecule has 0 radical (unpaired) electrons. The number of primary amides is 1. The number of unbranched alkanes of at least 4 members (excludes halogenated alkanes) is 3. The highest BCUT2D eigenvalue weighted by atomic mass is 16.3. The predicted molar refractivity (Wildman–Crippen MR) is 157 cm³/mol. The van der Waals surface area contributed by atoms with Crippen LogP contribution in [0.4, 0.5) is 0 Å². The van der Waals surface area contributed by atoms with Crippen LogP contribution in [0.25, 0.3) is 0 Å². The molecule has 232 valence electrons. The van der Waals surface area contributed by atoms with Gasteiger partial charge < -0.3 is 48.3 Å². The molecule has 0 aliphatic heterocycles. The first-order valence-corrected chi connectivity index (χ1v) is 14.5. The molecule has 1 aromatic carbocycles. The van der Waals surface area contributed by atoms with E-state index in [-0.39, 0.29) is 36.7 Å². The van der Waals surface area contributed by atoms with Gasteiger partial charge in [0.25, 0.3) is 0 Å². The number of aromatic hydroxyl groups is 2. The molecule has 1 rings (SSSR count). The minimum Gasteiger partial charge on any atom is -0.508 e. The van der Waals surface area contributed by atoms with Gasteiger partial charge in [0.15, 0.2) is 0 Å². The molecule has 0 aliphatic carbocycles. The molecule has 1 atom stereocenters. The summed E-state index contributed by atoms with van der Waals surface area (Å²) in [5.41, 5.74) is 11.2. The number of rotatable bonds is 24. The van der Waals surface area contributed by atoms with E-state index in [2.05, 4.69) is 26.6 Å². The molecular weight excluding hydrogens is 530 g/mol. The van der Waals surface area contributed by atoms with Crippen molar-refractivity contribution in [2.45, 2.75) is 70.3 Å². The van der Waals surface area contributed by atoms with Crippen LogP contribution in [0.1, 0.15) is 63.4 Å². The number of carbonyl (C=O) groups excluding carboxylic acids is 4. The van der Waals surface area contributed by atoms with Gasteiger partial charge in [-0.05, 0) is 82.8 Å². The van der Waals surface area contributed by atoms with Crippen LogP contribution in [-0.2, 0) is 25.6 Å². The molecule has 11 N–H and O–H groups in total. The number of hydrogen-bond donors (Lipinski definition) is 9. The molecule has 0 heterocycles. The van der Waals surface area contributed by atoms with Crippen LogP contribution in [0, 0.1) is 0 Å². The molecule has 0 unspecified atom stereocenters. The van der Waals surface area contributed by atoms with Gasteiger partial charge in [-0.3, -0.25) is 19.2 Å². The summed E-state index contributed by atoms with van der Waals surface area (Å²) in [6.45, 7) is 5.06. The summed E-state index contributed by atoms with van der Waals surface area (Å²) in [7, 11) is 0. The second kappa shape index (κ2) is 22.3. The van der Waals surface area contributed by atoms with E-state index >= 15 is 0 Å². The number of phenols is 2. The Kier molecular flexibility index (Phi) is 19.4. The van der Waals surface area contributed by atoms with Gasteiger partial charge >= 0.3 is 0 Å². The quantitative estimate of drug-likeness (QED) is 0.0719. The Morgan fingerprint density at radius 2 is 1.39 bits per heavy atom. The largest absolute Gasteiger partial charge is 0.508 e. The fourth-order valence-corrected chi connectivity index (χ4v) is 3.95. The minimum atomic E-state index is -1.10. The number of amides is 4. The number of carbonyl (C=O) groups is 4. The average molecular weight is 580 g/mol. The summed E-state index contributed by atoms with van der Waals surface area (Å²) >= 11 is 0. The molecule has 0 saturated carbocycles. The molecule has 13 nitrogen and oxygen atoms in total. The predicted octanol–water partition coefficient (Wildman–Crippen LogP) is -0.508. The van der Waals surface area contributed by atoms with Crippen LogP contribution in [0.3, 0.4) is 0 Å². The van der Waals surface area contributed by atoms with E-state index in [0.717, 1.165) is 51.7 Å². The second-order valence-electron chi connectivity index (χ2n) is 9.90. The third kappa shape index (κ3) is 18.5. The fraction of sp³-hybridized carbons (Fsp3) is 0.643. The van der Waals surface area contributed by atoms with E-state index in [1.807, 2.05) is 0 Å². The van der Waals surface area contributed by atoms with Crippen molar-refractivity contribution in [1.29, 1.82) is 0 Å². The zero-order valence-corrected chi connectivity index (χ0v) is 24.0. The highest BCUT2D eigenvalue weighted by Crippen LogP contribution is 2.23. The van der Waals surface area contributed by atoms with Crippen molar-refractivity contribution in [2.75, 3.05) is 45.8 Å². The van der Waals surface area contributed by atoms with Crippen LogP contribution in [0.5, 0.6) is 11.5 Å². The second-order valence-corrected chi connectivity index (χ2v) is 9.90. The van der Waals surface area contributed by atoms with Crippen molar-refractivity contribution in [3.63, 3.8) is 0 Å². The van der Waals surface area contributed by atoms with Crippen LogP contribution in [0.2, 0.25) is 0 Å². The lowest BCUT2D eigenvalue weighted by Gasteiger charge is -2.17. The zero-order chi connectivity index (χ0) is 30.3. The summed E-state index contributed by atoms with van der Waals surface area (Å²) in [5, 5.41) is 33.9. The van der Waals surface area contributed by atoms with Crippen LogP contribution in [0.15, 0.2) is 18.2 Å². The minimum absolute atomic E-state index is 0.0000806. The summed E-state index contributed by atoms with van der Waals surface area (Å²) in [4.78, 5) is 48.2. The maximum absolute atomic E-state index is 12.5. The van der Waals surface area contributed by atoms with E-state index in [9.17, 15) is 29.4 Å². The normalized spacial score (nSPS) is 11.5. The lowest BCUT2D eigenvalue weighted by atomic mass is 10.1. The summed E-state index contributed by atoms with van der Waals surface area (Å²) in [6.07, 6.45) is 5.57. The maximum atomic E-state index is 12.5. The lowest BCUT2D eigenvalue weighted by molar-refractivity contribution is -0.131. The molecule has 1 aromatic rings. The standard InChI is InChI=1S/C28H49N7O6/c29-12-6-15-31-13-4-5-14-32-18-11-26(39)33-16-2-1-3-17-34-28(41)23(20-25(30)38)35-27(40)10-8-21-7-9-22(36)19-24(21)37/h7,9,19,23,31-32,36-37H,1-6,8,10-18,20,29H2,(H2,30,38)(H,33,39)(H,34,41)(H,35,40)/t23-/m0/s1. The van der Waals surface area contributed by atoms with Gasteiger partial charge in [0.2, 0.25) is 23.6 Å². The van der Waals surface area contributed by atoms with Gasteiger partial charge in [0, 0.05) is 38.5 Å². The number of aryl methyl sites for hydroxylation is 1. The van der Waals surface area contributed by atoms with E-state index in [4.69, 9.17) is 11.5 Å². The Hall–Kier alpha value is -3.42. The Bertz CT molecular complexity index is 931. The third-order valence-electron chi connectivity index (χ3n) is 6.27. The number of nitrogens with two attached hydrogens (primary N) is 2. The molecule has 0 aromatic heterocycles. The van der Waals surface area contributed by atoms with Gasteiger partial charge in [0.05, 0.1) is 6.42 Å². The van der Waals surface area contributed by atoms with Crippen molar-refractivity contribution in [1.82, 2.24) is 26.6 Å². The molecule has 0 saturated heterocycles. The number of benzene rings is 1. The van der Waals surface area contributed by atoms with Crippen molar-refractivity contribution >= 4 is 23.6 Å². The summed E-state index contributed by atoms with van der Waals surface area (Å²) in [5.74, 6) is -1.93. The highest BCUT2D eigenvalue weighted by Gasteiger charge is 2.22. The number of nitrogens with one attached hydrogen (secondary N) is 5. The van der Waals surface area contributed by atoms with Crippen molar-refractivity contribution in [2.24, 2.45) is 11.5 Å². The average Bonchev–Trinajstić information content (AvgIpc) is 2.92. The lowest BCUT2D eigenvalue weighted by Crippen LogP contribution is -2.48. The first kappa shape index (κ1) is 35.6.